The van der Waals surface area contributed by atoms with E-state index in [4.69, 9.17) is 0 Å². The largest absolute Gasteiger partial charge is 0.387 e. The van der Waals surface area contributed by atoms with Gasteiger partial charge in [0.25, 0.3) is 5.91 Å². The summed E-state index contributed by atoms with van der Waals surface area (Å²) in [6, 6.07) is 4.52. The third-order valence-corrected chi connectivity index (χ3v) is 5.31. The van der Waals surface area contributed by atoms with Crippen LogP contribution >= 0.6 is 0 Å². The van der Waals surface area contributed by atoms with E-state index in [-0.39, 0.29) is 5.91 Å². The van der Waals surface area contributed by atoms with Crippen LogP contribution in [0.3, 0.4) is 0 Å². The van der Waals surface area contributed by atoms with Crippen LogP contribution in [0.4, 0.5) is 5.69 Å². The van der Waals surface area contributed by atoms with E-state index in [9.17, 15) is 4.79 Å². The first-order chi connectivity index (χ1) is 13.6. The van der Waals surface area contributed by atoms with Gasteiger partial charge in [0.2, 0.25) is 0 Å². The van der Waals surface area contributed by atoms with Crippen molar-refractivity contribution < 1.29 is 4.79 Å². The molecular formula is C22H27N5O. The summed E-state index contributed by atoms with van der Waals surface area (Å²) in [6.45, 7) is 5.20. The lowest BCUT2D eigenvalue weighted by Crippen LogP contribution is -2.26. The Balaban J connectivity index is 1.76. The summed E-state index contributed by atoms with van der Waals surface area (Å²) in [4.78, 5) is 17.2. The van der Waals surface area contributed by atoms with Gasteiger partial charge in [0, 0.05) is 43.0 Å². The van der Waals surface area contributed by atoms with Crippen LogP contribution in [-0.4, -0.2) is 33.8 Å². The lowest BCUT2D eigenvalue weighted by Gasteiger charge is -2.14. The zero-order valence-electron chi connectivity index (χ0n) is 16.7. The number of nitrogens with zero attached hydrogens (tertiary/aromatic N) is 3. The Kier molecular flexibility index (Phi) is 5.03. The van der Waals surface area contributed by atoms with Crippen LogP contribution in [0.2, 0.25) is 0 Å². The van der Waals surface area contributed by atoms with Gasteiger partial charge in [-0.25, -0.2) is 0 Å². The molecule has 0 unspecified atom stereocenters. The fraction of sp³-hybridized carbons (Fsp3) is 0.409. The van der Waals surface area contributed by atoms with E-state index in [1.54, 1.807) is 6.20 Å². The van der Waals surface area contributed by atoms with Crippen molar-refractivity contribution >= 4 is 22.5 Å². The van der Waals surface area contributed by atoms with E-state index in [0.717, 1.165) is 65.5 Å². The second kappa shape index (κ2) is 7.62. The van der Waals surface area contributed by atoms with Crippen LogP contribution in [0, 0.1) is 6.92 Å². The van der Waals surface area contributed by atoms with E-state index in [1.165, 1.54) is 0 Å². The van der Waals surface area contributed by atoms with Gasteiger partial charge >= 0.3 is 0 Å². The first kappa shape index (κ1) is 18.5. The Morgan fingerprint density at radius 2 is 2.11 bits per heavy atom. The zero-order valence-corrected chi connectivity index (χ0v) is 16.7. The minimum Gasteiger partial charge on any atom is -0.387 e. The molecule has 0 atom stereocenters. The highest BCUT2D eigenvalue weighted by Crippen LogP contribution is 2.33. The summed E-state index contributed by atoms with van der Waals surface area (Å²) in [5.41, 5.74) is 5.65. The molecule has 1 aliphatic rings. The molecule has 1 amide bonds. The van der Waals surface area contributed by atoms with Gasteiger partial charge in [-0.15, -0.1) is 0 Å². The number of carbonyl (C=O) groups excluding carboxylic acids is 1. The normalized spacial score (nSPS) is 13.7. The molecule has 2 aromatic heterocycles. The van der Waals surface area contributed by atoms with E-state index >= 15 is 0 Å². The van der Waals surface area contributed by atoms with Crippen LogP contribution in [0.5, 0.6) is 0 Å². The van der Waals surface area contributed by atoms with Gasteiger partial charge in [-0.2, -0.15) is 5.10 Å². The SMILES string of the molecule is CCCCn1cc(-c2cc3c(NC)c(C(=O)NC4CC4)cnc3cc2C)cn1. The summed E-state index contributed by atoms with van der Waals surface area (Å²) < 4.78 is 2.00. The minimum atomic E-state index is -0.0595. The number of rotatable bonds is 7. The summed E-state index contributed by atoms with van der Waals surface area (Å²) in [5.74, 6) is -0.0595. The number of fused-ring (bicyclic) bond motifs is 1. The van der Waals surface area contributed by atoms with Gasteiger partial charge in [0.1, 0.15) is 0 Å². The number of carbonyl (C=O) groups is 1. The highest BCUT2D eigenvalue weighted by molar-refractivity contribution is 6.08. The third kappa shape index (κ3) is 3.59. The Morgan fingerprint density at radius 3 is 2.82 bits per heavy atom. The molecule has 6 nitrogen and oxygen atoms in total. The number of hydrogen-bond donors (Lipinski definition) is 2. The number of unbranched alkanes of at least 4 members (excludes halogenated alkanes) is 1. The van der Waals surface area contributed by atoms with E-state index in [2.05, 4.69) is 52.9 Å². The first-order valence-electron chi connectivity index (χ1n) is 10.1. The number of benzene rings is 1. The Morgan fingerprint density at radius 1 is 1.29 bits per heavy atom. The van der Waals surface area contributed by atoms with Crippen LogP contribution in [0.25, 0.3) is 22.0 Å². The monoisotopic (exact) mass is 377 g/mol. The fourth-order valence-electron chi connectivity index (χ4n) is 3.53. The second-order valence-electron chi connectivity index (χ2n) is 7.57. The molecule has 1 aromatic carbocycles. The van der Waals surface area contributed by atoms with Crippen molar-refractivity contribution in [3.8, 4) is 11.1 Å². The number of nitrogens with one attached hydrogen (secondary N) is 2. The maximum Gasteiger partial charge on any atom is 0.255 e. The summed E-state index contributed by atoms with van der Waals surface area (Å²) in [7, 11) is 1.85. The lowest BCUT2D eigenvalue weighted by molar-refractivity contribution is 0.0951. The molecule has 3 aromatic rings. The first-order valence-corrected chi connectivity index (χ1v) is 10.1. The quantitative estimate of drug-likeness (QED) is 0.649. The lowest BCUT2D eigenvalue weighted by atomic mass is 9.98. The van der Waals surface area contributed by atoms with Crippen molar-refractivity contribution in [2.45, 2.75) is 52.1 Å². The molecule has 146 valence electrons. The molecule has 2 heterocycles. The van der Waals surface area contributed by atoms with Gasteiger partial charge < -0.3 is 10.6 Å². The molecule has 0 aliphatic heterocycles. The van der Waals surface area contributed by atoms with Crippen molar-refractivity contribution in [3.63, 3.8) is 0 Å². The smallest absolute Gasteiger partial charge is 0.255 e. The maximum absolute atomic E-state index is 12.6. The maximum atomic E-state index is 12.6. The third-order valence-electron chi connectivity index (χ3n) is 5.31. The van der Waals surface area contributed by atoms with Gasteiger partial charge in [-0.3, -0.25) is 14.5 Å². The average molecular weight is 377 g/mol. The molecule has 1 saturated carbocycles. The van der Waals surface area contributed by atoms with Crippen molar-refractivity contribution in [2.75, 3.05) is 12.4 Å². The molecule has 1 aliphatic carbocycles. The molecule has 0 radical (unpaired) electrons. The van der Waals surface area contributed by atoms with Crippen LogP contribution in [0.15, 0.2) is 30.7 Å². The number of anilines is 1. The second-order valence-corrected chi connectivity index (χ2v) is 7.57. The van der Waals surface area contributed by atoms with Crippen molar-refractivity contribution in [2.24, 2.45) is 0 Å². The van der Waals surface area contributed by atoms with Gasteiger partial charge in [0.05, 0.1) is 23.0 Å². The summed E-state index contributed by atoms with van der Waals surface area (Å²) in [5, 5.41) is 11.7. The van der Waals surface area contributed by atoms with Gasteiger partial charge in [0.15, 0.2) is 0 Å². The topological polar surface area (TPSA) is 71.8 Å². The summed E-state index contributed by atoms with van der Waals surface area (Å²) >= 11 is 0. The van der Waals surface area contributed by atoms with Crippen LogP contribution < -0.4 is 10.6 Å². The standard InChI is InChI=1S/C22H27N5O/c1-4-5-8-27-13-15(11-25-27)17-10-18-20(9-14(17)2)24-12-19(21(18)23-3)22(28)26-16-6-7-16/h9-13,16H,4-8H2,1-3H3,(H,23,24)(H,26,28). The Labute approximate surface area is 165 Å². The zero-order chi connectivity index (χ0) is 19.7. The highest BCUT2D eigenvalue weighted by Gasteiger charge is 2.25. The predicted octanol–water partition coefficient (Wildman–Crippen LogP) is 4.14. The molecule has 0 saturated heterocycles. The highest BCUT2D eigenvalue weighted by atomic mass is 16.1. The number of aryl methyl sites for hydroxylation is 2. The number of pyridine rings is 1. The molecule has 28 heavy (non-hydrogen) atoms. The molecule has 0 spiro atoms. The molecule has 4 rings (SSSR count). The van der Waals surface area contributed by atoms with E-state index in [1.807, 2.05) is 17.9 Å². The van der Waals surface area contributed by atoms with Crippen molar-refractivity contribution in [3.05, 3.63) is 41.9 Å². The Bertz CT molecular complexity index is 1020. The number of hydrogen-bond acceptors (Lipinski definition) is 4. The van der Waals surface area contributed by atoms with Crippen LogP contribution in [0.1, 0.15) is 48.5 Å². The van der Waals surface area contributed by atoms with Gasteiger partial charge in [-0.1, -0.05) is 13.3 Å². The number of amides is 1. The van der Waals surface area contributed by atoms with Gasteiger partial charge in [-0.05, 0) is 49.4 Å². The molecule has 1 fully saturated rings. The molecule has 2 N–H and O–H groups in total. The number of aromatic nitrogens is 3. The molecule has 0 bridgehead atoms. The van der Waals surface area contributed by atoms with E-state index in [0.29, 0.717) is 11.6 Å². The van der Waals surface area contributed by atoms with E-state index < -0.39 is 0 Å². The average Bonchev–Trinajstić information content (AvgIpc) is 3.38. The molecular weight excluding hydrogens is 350 g/mol. The van der Waals surface area contributed by atoms with Crippen molar-refractivity contribution in [1.82, 2.24) is 20.1 Å². The van der Waals surface area contributed by atoms with Crippen LogP contribution in [-0.2, 0) is 6.54 Å². The summed E-state index contributed by atoms with van der Waals surface area (Å²) in [6.07, 6.45) is 10.1. The molecule has 6 heteroatoms. The minimum absolute atomic E-state index is 0.0595. The predicted molar refractivity (Wildman–Crippen MR) is 113 cm³/mol. The Hall–Kier alpha value is -2.89. The fourth-order valence-corrected chi connectivity index (χ4v) is 3.53. The van der Waals surface area contributed by atoms with Crippen molar-refractivity contribution in [1.29, 1.82) is 0 Å².